The molecule has 3 fully saturated rings. The van der Waals surface area contributed by atoms with E-state index in [1.165, 1.54) is 204 Å². The molecule has 0 N–H and O–H groups in total. The first-order valence-corrected chi connectivity index (χ1v) is 36.8. The number of rotatable bonds is 24. The van der Waals surface area contributed by atoms with E-state index in [-0.39, 0.29) is 11.6 Å². The van der Waals surface area contributed by atoms with Crippen LogP contribution in [0.2, 0.25) is 0 Å². The number of ketones is 2. The number of carbonyl (C=O) groups is 2. The molecule has 8 aromatic carbocycles. The smallest absolute Gasteiger partial charge is 0.196 e. The third-order valence-electron chi connectivity index (χ3n) is 20.7. The second-order valence-corrected chi connectivity index (χ2v) is 29.9. The zero-order valence-corrected chi connectivity index (χ0v) is 55.2. The Morgan fingerprint density at radius 1 is 0.295 bits per heavy atom. The third kappa shape index (κ3) is 15.1. The van der Waals surface area contributed by atoms with E-state index < -0.39 is 0 Å². The van der Waals surface area contributed by atoms with E-state index in [2.05, 4.69) is 178 Å². The van der Waals surface area contributed by atoms with Gasteiger partial charge in [-0.1, -0.05) is 254 Å². The quantitative estimate of drug-likeness (QED) is 0.0563. The summed E-state index contributed by atoms with van der Waals surface area (Å²) >= 11 is 4.71. The number of hydrogen-bond donors (Lipinski definition) is 0. The van der Waals surface area contributed by atoms with Crippen molar-refractivity contribution in [3.05, 3.63) is 215 Å². The van der Waals surface area contributed by atoms with Gasteiger partial charge in [0.1, 0.15) is 0 Å². The summed E-state index contributed by atoms with van der Waals surface area (Å²) in [4.78, 5) is 36.4. The molecule has 0 bridgehead atoms. The lowest BCUT2D eigenvalue weighted by molar-refractivity contribution is 0.0972. The van der Waals surface area contributed by atoms with Gasteiger partial charge in [0.15, 0.2) is 11.6 Å². The minimum atomic E-state index is -0.101. The minimum absolute atomic E-state index is 0.0974. The third-order valence-corrected chi connectivity index (χ3v) is 23.9. The Labute approximate surface area is 540 Å². The topological polar surface area (TPSA) is 34.1 Å². The van der Waals surface area contributed by atoms with Crippen molar-refractivity contribution < 1.29 is 9.59 Å². The summed E-state index contributed by atoms with van der Waals surface area (Å²) in [7, 11) is 0. The second kappa shape index (κ2) is 30.3. The Balaban J connectivity index is 0.765. The Hall–Kier alpha value is -5.85. The summed E-state index contributed by atoms with van der Waals surface area (Å²) in [6.45, 7) is 6.91. The van der Waals surface area contributed by atoms with E-state index in [9.17, 15) is 0 Å². The Morgan fingerprint density at radius 3 is 0.886 bits per heavy atom. The van der Waals surface area contributed by atoms with Crippen LogP contribution in [0.3, 0.4) is 0 Å². The molecule has 4 aliphatic carbocycles. The molecule has 3 saturated carbocycles. The lowest BCUT2D eigenvalue weighted by Crippen LogP contribution is -2.23. The van der Waals surface area contributed by atoms with Crippen molar-refractivity contribution in [2.75, 3.05) is 0 Å². The van der Waals surface area contributed by atoms with Gasteiger partial charge in [-0.3, -0.25) is 9.59 Å². The van der Waals surface area contributed by atoms with E-state index in [0.717, 1.165) is 47.1 Å². The molecule has 0 spiro atoms. The first kappa shape index (κ1) is 62.3. The van der Waals surface area contributed by atoms with E-state index >= 15 is 9.59 Å². The van der Waals surface area contributed by atoms with E-state index in [0.29, 0.717) is 40.0 Å². The number of carbonyl (C=O) groups excluding carboxylic acids is 2. The van der Waals surface area contributed by atoms with Crippen molar-refractivity contribution in [2.24, 2.45) is 17.8 Å². The van der Waals surface area contributed by atoms with Gasteiger partial charge in [-0.25, -0.2) is 0 Å². The fourth-order valence-corrected chi connectivity index (χ4v) is 18.2. The fourth-order valence-electron chi connectivity index (χ4n) is 15.3. The molecule has 88 heavy (non-hydrogen) atoms. The van der Waals surface area contributed by atoms with Gasteiger partial charge < -0.3 is 0 Å². The molecule has 0 heterocycles. The normalized spacial score (nSPS) is 20.2. The first-order valence-electron chi connectivity index (χ1n) is 34.3. The van der Waals surface area contributed by atoms with Gasteiger partial charge in [0.2, 0.25) is 0 Å². The van der Waals surface area contributed by atoms with Crippen LogP contribution in [-0.4, -0.2) is 11.6 Å². The molecule has 0 atom stereocenters. The largest absolute Gasteiger partial charge is 0.289 e. The maximum atomic E-state index is 15.6. The van der Waals surface area contributed by atoms with Gasteiger partial charge in [0.25, 0.3) is 0 Å². The molecular formula is C83H92O2S3. The molecule has 12 rings (SSSR count). The number of fused-ring (bicyclic) bond motifs is 2. The highest BCUT2D eigenvalue weighted by Gasteiger charge is 2.37. The van der Waals surface area contributed by atoms with Crippen molar-refractivity contribution in [2.45, 2.75) is 222 Å². The molecular weight excluding hydrogens is 1130 g/mol. The Bertz CT molecular complexity index is 3560. The molecule has 0 saturated heterocycles. The highest BCUT2D eigenvalue weighted by molar-refractivity contribution is 8.00. The molecule has 454 valence electrons. The first-order chi connectivity index (χ1) is 43.3. The van der Waals surface area contributed by atoms with Crippen LogP contribution in [0.25, 0.3) is 33.4 Å². The van der Waals surface area contributed by atoms with Crippen LogP contribution in [-0.2, 0) is 0 Å². The van der Waals surface area contributed by atoms with Crippen LogP contribution in [0.5, 0.6) is 0 Å². The van der Waals surface area contributed by atoms with E-state index in [1.54, 1.807) is 35.3 Å². The lowest BCUT2D eigenvalue weighted by Gasteiger charge is -2.29. The molecule has 0 amide bonds. The summed E-state index contributed by atoms with van der Waals surface area (Å²) in [5, 5.41) is 0. The number of benzene rings is 8. The van der Waals surface area contributed by atoms with Crippen LogP contribution in [0.15, 0.2) is 205 Å². The average molecular weight is 1220 g/mol. The van der Waals surface area contributed by atoms with Crippen LogP contribution >= 0.6 is 35.3 Å². The molecule has 0 unspecified atom stereocenters. The predicted molar refractivity (Wildman–Crippen MR) is 374 cm³/mol. The van der Waals surface area contributed by atoms with Crippen molar-refractivity contribution in [3.8, 4) is 33.4 Å². The Kier molecular flexibility index (Phi) is 21.5. The Morgan fingerprint density at radius 2 is 0.580 bits per heavy atom. The van der Waals surface area contributed by atoms with Gasteiger partial charge in [-0.2, -0.15) is 0 Å². The predicted octanol–water partition coefficient (Wildman–Crippen LogP) is 25.5. The highest BCUT2D eigenvalue weighted by Crippen LogP contribution is 2.48. The second-order valence-electron chi connectivity index (χ2n) is 26.5. The SMILES string of the molecule is CCCCCC1CCC(c2ccc(-c3ccc(Sc4cccc5c4C(=O)c4c(Sc6ccc(-c7ccc(C8CCC(CCCCC)CC8)cc7)cc6)ccc(Sc6ccc(-c7ccc(C8CCC(CCCCC)CC8)cc7)cc6)c4C5=O)cc3)cc2)CC1. The molecule has 0 radical (unpaired) electrons. The summed E-state index contributed by atoms with van der Waals surface area (Å²) in [5.74, 6) is 4.52. The van der Waals surface area contributed by atoms with Crippen LogP contribution in [0.4, 0.5) is 0 Å². The monoisotopic (exact) mass is 1220 g/mol. The maximum absolute atomic E-state index is 15.6. The number of hydrogen-bond acceptors (Lipinski definition) is 5. The van der Waals surface area contributed by atoms with E-state index in [1.807, 2.05) is 18.2 Å². The summed E-state index contributed by atoms with van der Waals surface area (Å²) in [6.07, 6.45) is 32.4. The van der Waals surface area contributed by atoms with Crippen LogP contribution < -0.4 is 0 Å². The molecule has 0 aromatic heterocycles. The lowest BCUT2D eigenvalue weighted by atomic mass is 9.77. The average Bonchev–Trinajstić information content (AvgIpc) is 0.878. The molecule has 8 aromatic rings. The molecule has 2 nitrogen and oxygen atoms in total. The van der Waals surface area contributed by atoms with Gasteiger partial charge in [-0.05, 0) is 217 Å². The minimum Gasteiger partial charge on any atom is -0.289 e. The van der Waals surface area contributed by atoms with Crippen LogP contribution in [0, 0.1) is 17.8 Å². The fraction of sp³-hybridized carbons (Fsp3) is 0.398. The van der Waals surface area contributed by atoms with Gasteiger partial charge in [0, 0.05) is 51.6 Å². The highest BCUT2D eigenvalue weighted by atomic mass is 32.2. The molecule has 4 aliphatic rings. The van der Waals surface area contributed by atoms with E-state index in [4.69, 9.17) is 0 Å². The molecule has 5 heteroatoms. The maximum Gasteiger partial charge on any atom is 0.196 e. The van der Waals surface area contributed by atoms with Crippen molar-refractivity contribution >= 4 is 46.9 Å². The van der Waals surface area contributed by atoms with Gasteiger partial charge in [-0.15, -0.1) is 0 Å². The zero-order chi connectivity index (χ0) is 60.2. The van der Waals surface area contributed by atoms with Crippen molar-refractivity contribution in [1.82, 2.24) is 0 Å². The van der Waals surface area contributed by atoms with Gasteiger partial charge >= 0.3 is 0 Å². The van der Waals surface area contributed by atoms with Gasteiger partial charge in [0.05, 0.1) is 0 Å². The zero-order valence-electron chi connectivity index (χ0n) is 52.7. The van der Waals surface area contributed by atoms with Crippen LogP contribution in [0.1, 0.15) is 241 Å². The summed E-state index contributed by atoms with van der Waals surface area (Å²) in [5.41, 5.74) is 13.5. The standard InChI is InChI=1S/C83H92O2S3/c1-4-7-10-14-57-19-25-60(26-20-57)63-31-37-66(38-32-63)69-43-49-72(50-44-69)86-76-18-13-17-75-79(76)83(85)81-78(88-74-53-47-71(48-54-74)68-41-35-65(36-42-68)62-29-23-59(24-30-62)16-12-9-6-3)56-55-77(80(81)82(75)84)87-73-51-45-70(46-52-73)67-39-33-64(34-40-67)61-27-21-58(22-28-61)15-11-8-5-2/h13,17-18,31-62H,4-12,14-16,19-30H2,1-3H3. The summed E-state index contributed by atoms with van der Waals surface area (Å²) < 4.78 is 0. The van der Waals surface area contributed by atoms with Crippen molar-refractivity contribution in [3.63, 3.8) is 0 Å². The number of unbranched alkanes of at least 4 members (excludes halogenated alkanes) is 6. The molecule has 0 aliphatic heterocycles. The van der Waals surface area contributed by atoms with Crippen molar-refractivity contribution in [1.29, 1.82) is 0 Å². The summed E-state index contributed by atoms with van der Waals surface area (Å²) in [6, 6.07) is 64.1.